The summed E-state index contributed by atoms with van der Waals surface area (Å²) in [4.78, 5) is 67.0. The molecule has 7 atom stereocenters. The van der Waals surface area contributed by atoms with E-state index in [2.05, 4.69) is 21.3 Å². The first-order valence-corrected chi connectivity index (χ1v) is 13.4. The molecule has 0 radical (unpaired) electrons. The SMILES string of the molecule is CC[C@@H]1NC(=O)[C@@H]2[C@H](Cl)[C@H](Cl)CN2C(=O)[C@H](CC)NC(=O)C[C@@H](c2ccccc2)NC(=O)[C@@H](CO)NC1=O. The van der Waals surface area contributed by atoms with Gasteiger partial charge in [0.2, 0.25) is 29.5 Å². The maximum atomic E-state index is 13.5. The molecule has 2 heterocycles. The minimum absolute atomic E-state index is 0.0166. The summed E-state index contributed by atoms with van der Waals surface area (Å²) in [6, 6.07) is 3.36. The monoisotopic (exact) mass is 569 g/mol. The van der Waals surface area contributed by atoms with Crippen LogP contribution in [0.25, 0.3) is 0 Å². The van der Waals surface area contributed by atoms with Crippen LogP contribution in [0.2, 0.25) is 0 Å². The van der Waals surface area contributed by atoms with Gasteiger partial charge in [-0.05, 0) is 18.4 Å². The minimum atomic E-state index is -1.34. The number of halogens is 2. The molecule has 2 aliphatic heterocycles. The Balaban J connectivity index is 2.00. The van der Waals surface area contributed by atoms with E-state index in [1.54, 1.807) is 44.2 Å². The second-order valence-corrected chi connectivity index (χ2v) is 10.4. The molecule has 0 saturated carbocycles. The second-order valence-electron chi connectivity index (χ2n) is 9.31. The van der Waals surface area contributed by atoms with Gasteiger partial charge in [-0.1, -0.05) is 44.2 Å². The Morgan fingerprint density at radius 2 is 1.45 bits per heavy atom. The molecule has 13 heteroatoms. The average Bonchev–Trinajstić information content (AvgIpc) is 3.21. The smallest absolute Gasteiger partial charge is 0.245 e. The number of nitrogens with zero attached hydrogens (tertiary/aromatic N) is 1. The molecule has 0 aromatic heterocycles. The Morgan fingerprint density at radius 3 is 2.05 bits per heavy atom. The molecule has 1 aromatic carbocycles. The van der Waals surface area contributed by atoms with Crippen LogP contribution in [0.15, 0.2) is 30.3 Å². The third-order valence-electron chi connectivity index (χ3n) is 6.71. The zero-order valence-corrected chi connectivity index (χ0v) is 22.7. The first-order chi connectivity index (χ1) is 18.1. The van der Waals surface area contributed by atoms with Gasteiger partial charge >= 0.3 is 0 Å². The number of benzene rings is 1. The van der Waals surface area contributed by atoms with Crippen LogP contribution in [0, 0.1) is 0 Å². The number of carbonyl (C=O) groups excluding carboxylic acids is 5. The van der Waals surface area contributed by atoms with Crippen LogP contribution in [0.5, 0.6) is 0 Å². The molecule has 2 saturated heterocycles. The summed E-state index contributed by atoms with van der Waals surface area (Å²) in [7, 11) is 0. The van der Waals surface area contributed by atoms with E-state index < -0.39 is 77.1 Å². The number of rotatable bonds is 4. The van der Waals surface area contributed by atoms with Gasteiger partial charge < -0.3 is 31.3 Å². The van der Waals surface area contributed by atoms with E-state index in [9.17, 15) is 29.1 Å². The lowest BCUT2D eigenvalue weighted by molar-refractivity contribution is -0.142. The largest absolute Gasteiger partial charge is 0.394 e. The number of aliphatic hydroxyl groups is 1. The lowest BCUT2D eigenvalue weighted by atomic mass is 10.0. The standard InChI is InChI=1S/C25H33Cl2N5O6/c1-3-15-22(35)31-18(12-33)23(36)30-17(13-8-6-5-7-9-13)10-19(34)28-16(4-2)25(38)32-11-14(26)20(27)21(32)24(37)29-15/h5-9,14-18,20-21,33H,3-4,10-12H2,1-2H3,(H,28,34)(H,29,37)(H,30,36)(H,31,35)/t14-,15+,16+,17+,18-,20-,21+/m1/s1. The van der Waals surface area contributed by atoms with Gasteiger partial charge in [-0.2, -0.15) is 0 Å². The van der Waals surface area contributed by atoms with E-state index in [1.807, 2.05) is 0 Å². The highest BCUT2D eigenvalue weighted by molar-refractivity contribution is 6.32. The molecule has 3 rings (SSSR count). The minimum Gasteiger partial charge on any atom is -0.394 e. The quantitative estimate of drug-likeness (QED) is 0.320. The van der Waals surface area contributed by atoms with Crippen molar-refractivity contribution in [1.29, 1.82) is 0 Å². The van der Waals surface area contributed by atoms with E-state index in [-0.39, 0.29) is 25.8 Å². The van der Waals surface area contributed by atoms with Crippen LogP contribution in [-0.2, 0) is 24.0 Å². The van der Waals surface area contributed by atoms with Gasteiger partial charge in [0.1, 0.15) is 24.2 Å². The maximum absolute atomic E-state index is 13.5. The predicted molar refractivity (Wildman–Crippen MR) is 140 cm³/mol. The van der Waals surface area contributed by atoms with Crippen LogP contribution >= 0.6 is 23.2 Å². The van der Waals surface area contributed by atoms with Gasteiger partial charge in [-0.15, -0.1) is 23.2 Å². The molecule has 0 aliphatic carbocycles. The molecule has 11 nitrogen and oxygen atoms in total. The summed E-state index contributed by atoms with van der Waals surface area (Å²) in [5, 5.41) is 18.6. The lowest BCUT2D eigenvalue weighted by Gasteiger charge is -2.31. The molecule has 1 aromatic rings. The Labute approximate surface area is 231 Å². The number of hydrogen-bond acceptors (Lipinski definition) is 6. The summed E-state index contributed by atoms with van der Waals surface area (Å²) in [5.74, 6) is -3.16. The molecule has 2 aliphatic rings. The van der Waals surface area contributed by atoms with Crippen molar-refractivity contribution in [3.63, 3.8) is 0 Å². The maximum Gasteiger partial charge on any atom is 0.245 e. The summed E-state index contributed by atoms with van der Waals surface area (Å²) < 4.78 is 0. The summed E-state index contributed by atoms with van der Waals surface area (Å²) in [6.07, 6.45) is 0.170. The number of carbonyl (C=O) groups is 5. The van der Waals surface area contributed by atoms with Crippen LogP contribution in [0.1, 0.15) is 44.7 Å². The van der Waals surface area contributed by atoms with Gasteiger partial charge in [0.25, 0.3) is 0 Å². The second kappa shape index (κ2) is 13.3. The van der Waals surface area contributed by atoms with Crippen molar-refractivity contribution in [2.45, 2.75) is 74.1 Å². The van der Waals surface area contributed by atoms with Gasteiger partial charge in [-0.25, -0.2) is 0 Å². The predicted octanol–water partition coefficient (Wildman–Crippen LogP) is -0.0601. The summed E-state index contributed by atoms with van der Waals surface area (Å²) in [6.45, 7) is 2.64. The van der Waals surface area contributed by atoms with Gasteiger partial charge in [0.15, 0.2) is 0 Å². The highest BCUT2D eigenvalue weighted by Crippen LogP contribution is 2.29. The van der Waals surface area contributed by atoms with Crippen LogP contribution in [0.3, 0.4) is 0 Å². The third-order valence-corrected chi connectivity index (χ3v) is 7.79. The van der Waals surface area contributed by atoms with Crippen molar-refractivity contribution in [2.24, 2.45) is 0 Å². The number of fused-ring (bicyclic) bond motifs is 1. The zero-order chi connectivity index (χ0) is 28.0. The van der Waals surface area contributed by atoms with E-state index in [4.69, 9.17) is 23.2 Å². The fourth-order valence-electron chi connectivity index (χ4n) is 4.55. The van der Waals surface area contributed by atoms with E-state index in [1.165, 1.54) is 4.90 Å². The van der Waals surface area contributed by atoms with Crippen LogP contribution < -0.4 is 21.3 Å². The summed E-state index contributed by atoms with van der Waals surface area (Å²) in [5.41, 5.74) is 0.618. The fraction of sp³-hybridized carbons (Fsp3) is 0.560. The lowest BCUT2D eigenvalue weighted by Crippen LogP contribution is -2.60. The fourth-order valence-corrected chi connectivity index (χ4v) is 5.17. The molecule has 5 N–H and O–H groups in total. The van der Waals surface area contributed by atoms with Crippen molar-refractivity contribution in [1.82, 2.24) is 26.2 Å². The Kier molecular flexibility index (Phi) is 10.3. The van der Waals surface area contributed by atoms with E-state index in [0.717, 1.165) is 0 Å². The number of amides is 5. The van der Waals surface area contributed by atoms with Crippen LogP contribution in [0.4, 0.5) is 0 Å². The van der Waals surface area contributed by atoms with Crippen molar-refractivity contribution >= 4 is 52.7 Å². The molecule has 5 amide bonds. The first kappa shape index (κ1) is 29.7. The van der Waals surface area contributed by atoms with Gasteiger partial charge in [0.05, 0.1) is 29.8 Å². The van der Waals surface area contributed by atoms with E-state index >= 15 is 0 Å². The van der Waals surface area contributed by atoms with Gasteiger partial charge in [-0.3, -0.25) is 24.0 Å². The van der Waals surface area contributed by atoms with Crippen molar-refractivity contribution < 1.29 is 29.1 Å². The normalized spacial score (nSPS) is 31.7. The average molecular weight is 570 g/mol. The Morgan fingerprint density at radius 1 is 0.842 bits per heavy atom. The van der Waals surface area contributed by atoms with Crippen molar-refractivity contribution in [3.8, 4) is 0 Å². The molecule has 208 valence electrons. The molecular formula is C25H33Cl2N5O6. The summed E-state index contributed by atoms with van der Waals surface area (Å²) >= 11 is 12.8. The molecule has 38 heavy (non-hydrogen) atoms. The topological polar surface area (TPSA) is 157 Å². The molecule has 0 unspecified atom stereocenters. The highest BCUT2D eigenvalue weighted by Gasteiger charge is 2.48. The molecule has 0 spiro atoms. The number of nitrogens with one attached hydrogen (secondary N) is 4. The zero-order valence-electron chi connectivity index (χ0n) is 21.2. The highest BCUT2D eigenvalue weighted by atomic mass is 35.5. The first-order valence-electron chi connectivity index (χ1n) is 12.6. The number of aliphatic hydroxyl groups excluding tert-OH is 1. The van der Waals surface area contributed by atoms with Crippen LogP contribution in [-0.4, -0.2) is 87.6 Å². The van der Waals surface area contributed by atoms with Gasteiger partial charge in [0, 0.05) is 6.54 Å². The number of alkyl halides is 2. The van der Waals surface area contributed by atoms with E-state index in [0.29, 0.717) is 5.56 Å². The molecule has 0 bridgehead atoms. The molecule has 2 fully saturated rings. The van der Waals surface area contributed by atoms with Crippen molar-refractivity contribution in [3.05, 3.63) is 35.9 Å². The Hall–Kier alpha value is -2.89. The Bertz CT molecular complexity index is 1040. The number of hydrogen-bond donors (Lipinski definition) is 5. The third kappa shape index (κ3) is 6.75. The van der Waals surface area contributed by atoms with Crippen molar-refractivity contribution in [2.75, 3.05) is 13.2 Å². The molecular weight excluding hydrogens is 537 g/mol.